The predicted molar refractivity (Wildman–Crippen MR) is 59.5 cm³/mol. The Labute approximate surface area is 93.7 Å². The van der Waals surface area contributed by atoms with Crippen LogP contribution >= 0.6 is 15.9 Å². The van der Waals surface area contributed by atoms with E-state index >= 15 is 0 Å². The minimum absolute atomic E-state index is 0.0662. The molecule has 1 amide bonds. The molecule has 1 saturated carbocycles. The normalized spacial score (nSPS) is 29.4. The number of rotatable bonds is 4. The van der Waals surface area contributed by atoms with E-state index in [4.69, 9.17) is 4.74 Å². The van der Waals surface area contributed by atoms with Crippen LogP contribution in [0.4, 0.5) is 0 Å². The number of nitrogens with one attached hydrogen (secondary N) is 1. The maximum Gasteiger partial charge on any atom is 0.221 e. The van der Waals surface area contributed by atoms with E-state index in [1.165, 1.54) is 0 Å². The Bertz CT molecular complexity index is 218. The van der Waals surface area contributed by atoms with Gasteiger partial charge in [0.25, 0.3) is 0 Å². The third-order valence-corrected chi connectivity index (χ3v) is 3.52. The first kappa shape index (κ1) is 12.0. The van der Waals surface area contributed by atoms with Crippen molar-refractivity contribution in [2.75, 3.05) is 12.4 Å². The lowest BCUT2D eigenvalue weighted by molar-refractivity contribution is -0.132. The van der Waals surface area contributed by atoms with Crippen molar-refractivity contribution in [1.82, 2.24) is 5.32 Å². The van der Waals surface area contributed by atoms with E-state index in [2.05, 4.69) is 35.1 Å². The van der Waals surface area contributed by atoms with Crippen LogP contribution in [0.25, 0.3) is 0 Å². The van der Waals surface area contributed by atoms with Gasteiger partial charge in [-0.15, -0.1) is 0 Å². The lowest BCUT2D eigenvalue weighted by Crippen LogP contribution is -2.61. The number of ether oxygens (including phenoxy) is 1. The van der Waals surface area contributed by atoms with Crippen LogP contribution in [0.5, 0.6) is 0 Å². The molecule has 3 nitrogen and oxygen atoms in total. The summed E-state index contributed by atoms with van der Waals surface area (Å²) in [5.74, 6) is 0.120. The number of methoxy groups -OCH3 is 1. The van der Waals surface area contributed by atoms with Gasteiger partial charge < -0.3 is 10.1 Å². The molecule has 1 rings (SSSR count). The Hall–Kier alpha value is -0.0900. The molecule has 4 heteroatoms. The Morgan fingerprint density at radius 1 is 1.64 bits per heavy atom. The molecule has 0 heterocycles. The number of amides is 1. The van der Waals surface area contributed by atoms with Gasteiger partial charge in [-0.3, -0.25) is 4.79 Å². The van der Waals surface area contributed by atoms with Crippen LogP contribution in [0.2, 0.25) is 0 Å². The van der Waals surface area contributed by atoms with Gasteiger partial charge in [-0.2, -0.15) is 0 Å². The Kier molecular flexibility index (Phi) is 3.95. The molecule has 0 aromatic rings. The number of carbonyl (C=O) groups excluding carboxylic acids is 1. The second-order valence-electron chi connectivity index (χ2n) is 4.34. The fourth-order valence-electron chi connectivity index (χ4n) is 1.88. The van der Waals surface area contributed by atoms with E-state index in [1.807, 2.05) is 0 Å². The van der Waals surface area contributed by atoms with E-state index in [9.17, 15) is 4.79 Å². The van der Waals surface area contributed by atoms with E-state index in [0.717, 1.165) is 11.8 Å². The lowest BCUT2D eigenvalue weighted by Gasteiger charge is -2.51. The van der Waals surface area contributed by atoms with Gasteiger partial charge in [0, 0.05) is 30.3 Å². The highest BCUT2D eigenvalue weighted by atomic mass is 79.9. The number of alkyl halides is 1. The summed E-state index contributed by atoms with van der Waals surface area (Å²) in [5, 5.41) is 3.74. The maximum atomic E-state index is 11.3. The second kappa shape index (κ2) is 4.62. The van der Waals surface area contributed by atoms with Gasteiger partial charge in [-0.05, 0) is 6.42 Å². The highest BCUT2D eigenvalue weighted by Gasteiger charge is 2.49. The minimum Gasteiger partial charge on any atom is -0.381 e. The van der Waals surface area contributed by atoms with E-state index in [0.29, 0.717) is 6.42 Å². The zero-order chi connectivity index (χ0) is 10.8. The summed E-state index contributed by atoms with van der Waals surface area (Å²) in [4.78, 5) is 11.3. The van der Waals surface area contributed by atoms with Crippen molar-refractivity contribution < 1.29 is 9.53 Å². The topological polar surface area (TPSA) is 38.3 Å². The first-order chi connectivity index (χ1) is 6.52. The molecule has 0 aromatic heterocycles. The molecule has 0 radical (unpaired) electrons. The first-order valence-corrected chi connectivity index (χ1v) is 6.02. The van der Waals surface area contributed by atoms with Crippen molar-refractivity contribution >= 4 is 21.8 Å². The quantitative estimate of drug-likeness (QED) is 0.785. The molecule has 82 valence electrons. The van der Waals surface area contributed by atoms with Gasteiger partial charge in [-0.1, -0.05) is 29.8 Å². The van der Waals surface area contributed by atoms with Crippen LogP contribution in [0, 0.1) is 5.41 Å². The van der Waals surface area contributed by atoms with Crippen LogP contribution < -0.4 is 5.32 Å². The van der Waals surface area contributed by atoms with Gasteiger partial charge in [0.05, 0.1) is 6.10 Å². The van der Waals surface area contributed by atoms with Gasteiger partial charge in [0.2, 0.25) is 5.91 Å². The van der Waals surface area contributed by atoms with Crippen molar-refractivity contribution in [2.45, 2.75) is 38.8 Å². The smallest absolute Gasteiger partial charge is 0.221 e. The van der Waals surface area contributed by atoms with Crippen molar-refractivity contribution in [2.24, 2.45) is 5.41 Å². The van der Waals surface area contributed by atoms with Gasteiger partial charge in [-0.25, -0.2) is 0 Å². The average Bonchev–Trinajstić information content (AvgIpc) is 2.12. The van der Waals surface area contributed by atoms with E-state index in [1.54, 1.807) is 7.11 Å². The van der Waals surface area contributed by atoms with Crippen molar-refractivity contribution in [3.8, 4) is 0 Å². The molecular formula is C10H18BrNO2. The molecule has 0 spiro atoms. The van der Waals surface area contributed by atoms with Crippen molar-refractivity contribution in [3.63, 3.8) is 0 Å². The highest BCUT2D eigenvalue weighted by molar-refractivity contribution is 9.09. The monoisotopic (exact) mass is 263 g/mol. The zero-order valence-electron chi connectivity index (χ0n) is 8.97. The Balaban J connectivity index is 2.39. The number of hydrogen-bond acceptors (Lipinski definition) is 2. The summed E-state index contributed by atoms with van der Waals surface area (Å²) in [6.45, 7) is 4.26. The molecule has 0 aromatic carbocycles. The molecule has 1 fully saturated rings. The SMILES string of the molecule is COC1CC(NC(=O)CCBr)C1(C)C. The van der Waals surface area contributed by atoms with Crippen LogP contribution in [0.3, 0.4) is 0 Å². The third-order valence-electron chi connectivity index (χ3n) is 3.12. The van der Waals surface area contributed by atoms with Gasteiger partial charge >= 0.3 is 0 Å². The predicted octanol–water partition coefficient (Wildman–Crippen LogP) is 1.70. The fraction of sp³-hybridized carbons (Fsp3) is 0.900. The summed E-state index contributed by atoms with van der Waals surface area (Å²) in [6, 6.07) is 0.263. The third kappa shape index (κ3) is 2.28. The van der Waals surface area contributed by atoms with Crippen LogP contribution in [-0.2, 0) is 9.53 Å². The van der Waals surface area contributed by atoms with Crippen molar-refractivity contribution in [3.05, 3.63) is 0 Å². The molecule has 14 heavy (non-hydrogen) atoms. The summed E-state index contributed by atoms with van der Waals surface area (Å²) in [5.41, 5.74) is 0.0662. The second-order valence-corrected chi connectivity index (χ2v) is 5.13. The number of hydrogen-bond donors (Lipinski definition) is 1. The first-order valence-electron chi connectivity index (χ1n) is 4.90. The molecule has 0 bridgehead atoms. The molecule has 2 unspecified atom stereocenters. The summed E-state index contributed by atoms with van der Waals surface area (Å²) < 4.78 is 5.31. The van der Waals surface area contributed by atoms with Crippen LogP contribution in [0.1, 0.15) is 26.7 Å². The van der Waals surface area contributed by atoms with Crippen molar-refractivity contribution in [1.29, 1.82) is 0 Å². The largest absolute Gasteiger partial charge is 0.381 e. The summed E-state index contributed by atoms with van der Waals surface area (Å²) in [7, 11) is 1.73. The molecule has 1 aliphatic carbocycles. The zero-order valence-corrected chi connectivity index (χ0v) is 10.6. The average molecular weight is 264 g/mol. The Morgan fingerprint density at radius 2 is 2.29 bits per heavy atom. The van der Waals surface area contributed by atoms with E-state index in [-0.39, 0.29) is 23.5 Å². The molecule has 1 N–H and O–H groups in total. The summed E-state index contributed by atoms with van der Waals surface area (Å²) >= 11 is 3.25. The van der Waals surface area contributed by atoms with Gasteiger partial charge in [0.1, 0.15) is 0 Å². The molecule has 1 aliphatic rings. The molecule has 2 atom stereocenters. The van der Waals surface area contributed by atoms with E-state index < -0.39 is 0 Å². The lowest BCUT2D eigenvalue weighted by atomic mass is 9.64. The molecule has 0 saturated heterocycles. The number of carbonyl (C=O) groups is 1. The van der Waals surface area contributed by atoms with Crippen LogP contribution in [0.15, 0.2) is 0 Å². The minimum atomic E-state index is 0.0662. The molecule has 0 aliphatic heterocycles. The number of halogens is 1. The Morgan fingerprint density at radius 3 is 2.71 bits per heavy atom. The highest BCUT2D eigenvalue weighted by Crippen LogP contribution is 2.42. The van der Waals surface area contributed by atoms with Crippen LogP contribution in [-0.4, -0.2) is 30.5 Å². The maximum absolute atomic E-state index is 11.3. The summed E-state index contributed by atoms with van der Waals surface area (Å²) in [6.07, 6.45) is 1.75. The standard InChI is InChI=1S/C10H18BrNO2/c1-10(2)7(6-8(10)14-3)12-9(13)4-5-11/h7-8H,4-6H2,1-3H3,(H,12,13). The molecular weight excluding hydrogens is 246 g/mol. The van der Waals surface area contributed by atoms with Gasteiger partial charge in [0.15, 0.2) is 0 Å². The fourth-order valence-corrected chi connectivity index (χ4v) is 2.24.